The fourth-order valence-electron chi connectivity index (χ4n) is 2.19. The minimum Gasteiger partial charge on any atom is -0.388 e. The van der Waals surface area contributed by atoms with Crippen molar-refractivity contribution >= 4 is 22.9 Å². The molecular weight excluding hydrogens is 314 g/mol. The maximum atomic E-state index is 12.3. The van der Waals surface area contributed by atoms with E-state index >= 15 is 0 Å². The van der Waals surface area contributed by atoms with Crippen molar-refractivity contribution in [2.75, 3.05) is 5.32 Å². The van der Waals surface area contributed by atoms with Gasteiger partial charge in [0.25, 0.3) is 5.91 Å². The van der Waals surface area contributed by atoms with Gasteiger partial charge in [-0.1, -0.05) is 19.1 Å². The standard InChI is InChI=1S/C16H15N3O3S/c1-3-10-6-7-11(15-18-19(2)16(21)22-15)9-12(10)17-14(20)13-5-4-8-23-13/h4-9H,3H2,1-2H3,(H,17,20). The first kappa shape index (κ1) is 15.2. The summed E-state index contributed by atoms with van der Waals surface area (Å²) < 4.78 is 6.22. The fraction of sp³-hybridized carbons (Fsp3) is 0.188. The predicted molar refractivity (Wildman–Crippen MR) is 88.8 cm³/mol. The van der Waals surface area contributed by atoms with E-state index in [2.05, 4.69) is 10.4 Å². The van der Waals surface area contributed by atoms with Crippen LogP contribution in [0.3, 0.4) is 0 Å². The van der Waals surface area contributed by atoms with Gasteiger partial charge in [0.2, 0.25) is 5.89 Å². The van der Waals surface area contributed by atoms with Crippen LogP contribution in [0.15, 0.2) is 44.9 Å². The number of nitrogens with one attached hydrogen (secondary N) is 1. The molecule has 0 fully saturated rings. The summed E-state index contributed by atoms with van der Waals surface area (Å²) in [6, 6.07) is 9.10. The lowest BCUT2D eigenvalue weighted by Crippen LogP contribution is -2.11. The Morgan fingerprint density at radius 2 is 2.22 bits per heavy atom. The first-order valence-corrected chi connectivity index (χ1v) is 7.98. The van der Waals surface area contributed by atoms with E-state index in [1.54, 1.807) is 12.1 Å². The van der Waals surface area contributed by atoms with Crippen LogP contribution in [0.2, 0.25) is 0 Å². The Morgan fingerprint density at radius 3 is 2.83 bits per heavy atom. The van der Waals surface area contributed by atoms with Gasteiger partial charge in [0.15, 0.2) is 0 Å². The van der Waals surface area contributed by atoms with Crippen LogP contribution in [0.25, 0.3) is 11.5 Å². The minimum absolute atomic E-state index is 0.158. The van der Waals surface area contributed by atoms with Crippen molar-refractivity contribution in [1.82, 2.24) is 9.78 Å². The molecule has 0 aliphatic carbocycles. The van der Waals surface area contributed by atoms with Gasteiger partial charge in [0.05, 0.1) is 4.88 Å². The third-order valence-corrected chi connectivity index (χ3v) is 4.29. The van der Waals surface area contributed by atoms with Crippen LogP contribution in [0, 0.1) is 0 Å². The number of carbonyl (C=O) groups excluding carboxylic acids is 1. The van der Waals surface area contributed by atoms with Gasteiger partial charge in [-0.15, -0.1) is 16.4 Å². The van der Waals surface area contributed by atoms with Crippen molar-refractivity contribution in [3.8, 4) is 11.5 Å². The van der Waals surface area contributed by atoms with E-state index in [1.807, 2.05) is 30.5 Å². The van der Waals surface area contributed by atoms with E-state index in [0.29, 0.717) is 16.1 Å². The highest BCUT2D eigenvalue weighted by atomic mass is 32.1. The number of nitrogens with zero attached hydrogens (tertiary/aromatic N) is 2. The maximum Gasteiger partial charge on any atom is 0.437 e. The molecule has 3 aromatic rings. The molecule has 0 spiro atoms. The Hall–Kier alpha value is -2.67. The van der Waals surface area contributed by atoms with Crippen LogP contribution < -0.4 is 11.1 Å². The number of thiophene rings is 1. The van der Waals surface area contributed by atoms with Crippen molar-refractivity contribution in [2.24, 2.45) is 7.05 Å². The second-order valence-electron chi connectivity index (χ2n) is 4.95. The van der Waals surface area contributed by atoms with Crippen LogP contribution in [0.4, 0.5) is 5.69 Å². The van der Waals surface area contributed by atoms with Gasteiger partial charge in [0, 0.05) is 18.3 Å². The number of anilines is 1. The molecule has 0 aliphatic heterocycles. The molecule has 0 saturated heterocycles. The fourth-order valence-corrected chi connectivity index (χ4v) is 2.81. The summed E-state index contributed by atoms with van der Waals surface area (Å²) in [4.78, 5) is 24.3. The van der Waals surface area contributed by atoms with Crippen molar-refractivity contribution in [2.45, 2.75) is 13.3 Å². The van der Waals surface area contributed by atoms with Crippen LogP contribution >= 0.6 is 11.3 Å². The third-order valence-electron chi connectivity index (χ3n) is 3.42. The van der Waals surface area contributed by atoms with Gasteiger partial charge >= 0.3 is 5.76 Å². The molecule has 2 aromatic heterocycles. The van der Waals surface area contributed by atoms with E-state index in [9.17, 15) is 9.59 Å². The van der Waals surface area contributed by atoms with Gasteiger partial charge < -0.3 is 9.73 Å². The lowest BCUT2D eigenvalue weighted by atomic mass is 10.1. The highest BCUT2D eigenvalue weighted by molar-refractivity contribution is 7.12. The SMILES string of the molecule is CCc1ccc(-c2nn(C)c(=O)o2)cc1NC(=O)c1cccs1. The van der Waals surface area contributed by atoms with E-state index in [1.165, 1.54) is 18.4 Å². The molecule has 2 heterocycles. The Kier molecular flexibility index (Phi) is 4.12. The average Bonchev–Trinajstić information content (AvgIpc) is 3.18. The zero-order chi connectivity index (χ0) is 16.4. The number of hydrogen-bond donors (Lipinski definition) is 1. The molecule has 0 atom stereocenters. The summed E-state index contributed by atoms with van der Waals surface area (Å²) in [6.45, 7) is 2.01. The van der Waals surface area contributed by atoms with Gasteiger partial charge in [-0.3, -0.25) is 4.79 Å². The summed E-state index contributed by atoms with van der Waals surface area (Å²) >= 11 is 1.38. The Morgan fingerprint density at radius 1 is 1.39 bits per heavy atom. The molecule has 7 heteroatoms. The quantitative estimate of drug-likeness (QED) is 0.798. The second-order valence-corrected chi connectivity index (χ2v) is 5.90. The van der Waals surface area contributed by atoms with Crippen molar-refractivity contribution < 1.29 is 9.21 Å². The van der Waals surface area contributed by atoms with Crippen LogP contribution in [-0.4, -0.2) is 15.7 Å². The number of amides is 1. The number of hydrogen-bond acceptors (Lipinski definition) is 5. The highest BCUT2D eigenvalue weighted by Crippen LogP contribution is 2.25. The molecule has 0 unspecified atom stereocenters. The first-order valence-electron chi connectivity index (χ1n) is 7.10. The van der Waals surface area contributed by atoms with E-state index in [4.69, 9.17) is 4.42 Å². The zero-order valence-corrected chi connectivity index (χ0v) is 13.5. The topological polar surface area (TPSA) is 77.1 Å². The second kappa shape index (κ2) is 6.21. The molecule has 1 amide bonds. The highest BCUT2D eigenvalue weighted by Gasteiger charge is 2.13. The maximum absolute atomic E-state index is 12.3. The molecule has 118 valence electrons. The molecule has 3 rings (SSSR count). The summed E-state index contributed by atoms with van der Waals surface area (Å²) in [5, 5.41) is 8.80. The van der Waals surface area contributed by atoms with E-state index < -0.39 is 5.76 Å². The zero-order valence-electron chi connectivity index (χ0n) is 12.7. The number of benzene rings is 1. The van der Waals surface area contributed by atoms with Gasteiger partial charge in [0.1, 0.15) is 0 Å². The van der Waals surface area contributed by atoms with Crippen LogP contribution in [0.1, 0.15) is 22.2 Å². The molecule has 1 aromatic carbocycles. The van der Waals surface area contributed by atoms with Gasteiger partial charge in [-0.2, -0.15) is 4.68 Å². The largest absolute Gasteiger partial charge is 0.437 e. The van der Waals surface area contributed by atoms with Crippen LogP contribution in [-0.2, 0) is 13.5 Å². The lowest BCUT2D eigenvalue weighted by molar-refractivity contribution is 0.103. The number of aryl methyl sites for hydroxylation is 2. The molecular formula is C16H15N3O3S. The van der Waals surface area contributed by atoms with Crippen LogP contribution in [0.5, 0.6) is 0 Å². The Bertz CT molecular complexity index is 894. The summed E-state index contributed by atoms with van der Waals surface area (Å²) in [5.74, 6) is -0.454. The summed E-state index contributed by atoms with van der Waals surface area (Å²) in [6.07, 6.45) is 0.770. The predicted octanol–water partition coefficient (Wildman–Crippen LogP) is 2.92. The van der Waals surface area contributed by atoms with E-state index in [-0.39, 0.29) is 11.8 Å². The first-order chi connectivity index (χ1) is 11.1. The molecule has 1 N–H and O–H groups in total. The minimum atomic E-state index is -0.524. The summed E-state index contributed by atoms with van der Waals surface area (Å²) in [7, 11) is 1.52. The molecule has 0 saturated carbocycles. The van der Waals surface area contributed by atoms with Gasteiger partial charge in [-0.25, -0.2) is 4.79 Å². The normalized spacial score (nSPS) is 10.7. The van der Waals surface area contributed by atoms with E-state index in [0.717, 1.165) is 16.7 Å². The molecule has 0 aliphatic rings. The van der Waals surface area contributed by atoms with Crippen molar-refractivity contribution in [3.05, 3.63) is 56.7 Å². The molecule has 23 heavy (non-hydrogen) atoms. The molecule has 0 bridgehead atoms. The number of rotatable bonds is 4. The third kappa shape index (κ3) is 3.09. The Balaban J connectivity index is 1.96. The van der Waals surface area contributed by atoms with Crippen molar-refractivity contribution in [3.63, 3.8) is 0 Å². The Labute approximate surface area is 136 Å². The van der Waals surface area contributed by atoms with Crippen molar-refractivity contribution in [1.29, 1.82) is 0 Å². The lowest BCUT2D eigenvalue weighted by Gasteiger charge is -2.10. The van der Waals surface area contributed by atoms with Gasteiger partial charge in [-0.05, 0) is 35.6 Å². The monoisotopic (exact) mass is 329 g/mol. The smallest absolute Gasteiger partial charge is 0.388 e. The molecule has 0 radical (unpaired) electrons. The summed E-state index contributed by atoms with van der Waals surface area (Å²) in [5.41, 5.74) is 2.33. The number of aromatic nitrogens is 2. The average molecular weight is 329 g/mol. The molecule has 6 nitrogen and oxygen atoms in total. The number of carbonyl (C=O) groups is 1.